The second-order valence-corrected chi connectivity index (χ2v) is 6.82. The molecule has 0 N–H and O–H groups in total. The lowest BCUT2D eigenvalue weighted by atomic mass is 10.3. The summed E-state index contributed by atoms with van der Waals surface area (Å²) in [4.78, 5) is 11.3. The van der Waals surface area contributed by atoms with Crippen LogP contribution >= 0.6 is 29.8 Å². The van der Waals surface area contributed by atoms with Crippen LogP contribution in [0.25, 0.3) is 0 Å². The molecular formula is C8H9ClO3PS-. The maximum Gasteiger partial charge on any atom is 0.241 e. The molecule has 0 aromatic heterocycles. The van der Waals surface area contributed by atoms with Crippen LogP contribution in [-0.2, 0) is 4.57 Å². The van der Waals surface area contributed by atoms with E-state index in [1.165, 1.54) is 6.07 Å². The van der Waals surface area contributed by atoms with Crippen LogP contribution in [0.4, 0.5) is 0 Å². The van der Waals surface area contributed by atoms with E-state index in [-0.39, 0.29) is 5.75 Å². The summed E-state index contributed by atoms with van der Waals surface area (Å²) < 4.78 is 16.1. The van der Waals surface area contributed by atoms with E-state index < -0.39 is 6.80 Å². The predicted molar refractivity (Wildman–Crippen MR) is 57.8 cm³/mol. The summed E-state index contributed by atoms with van der Waals surface area (Å²) in [5.74, 6) is 0.624. The molecule has 0 amide bonds. The van der Waals surface area contributed by atoms with E-state index in [0.29, 0.717) is 10.8 Å². The third-order valence-electron chi connectivity index (χ3n) is 1.33. The quantitative estimate of drug-likeness (QED) is 0.772. The largest absolute Gasteiger partial charge is 0.761 e. The number of benzene rings is 1. The molecule has 6 heteroatoms. The number of hydrogen-bond acceptors (Lipinski definition) is 4. The zero-order chi connectivity index (χ0) is 10.6. The lowest BCUT2D eigenvalue weighted by Gasteiger charge is -2.22. The van der Waals surface area contributed by atoms with Gasteiger partial charge in [-0.05, 0) is 17.9 Å². The van der Waals surface area contributed by atoms with Crippen molar-refractivity contribution in [2.24, 2.45) is 0 Å². The topological polar surface area (TPSA) is 49.4 Å². The van der Waals surface area contributed by atoms with E-state index in [2.05, 4.69) is 0 Å². The van der Waals surface area contributed by atoms with Gasteiger partial charge in [0.05, 0.1) is 5.02 Å². The molecule has 0 heterocycles. The van der Waals surface area contributed by atoms with Gasteiger partial charge in [-0.1, -0.05) is 42.0 Å². The minimum absolute atomic E-state index is 0.174. The highest BCUT2D eigenvalue weighted by molar-refractivity contribution is 8.54. The van der Waals surface area contributed by atoms with Crippen LogP contribution < -0.4 is 9.42 Å². The second-order valence-electron chi connectivity index (χ2n) is 2.39. The molecule has 0 saturated heterocycles. The molecule has 1 unspecified atom stereocenters. The van der Waals surface area contributed by atoms with Crippen LogP contribution in [0.3, 0.4) is 0 Å². The SMILES string of the molecule is CCSP(=O)([O-])Oc1ccccc1Cl. The minimum atomic E-state index is -3.86. The van der Waals surface area contributed by atoms with Crippen molar-refractivity contribution in [3.05, 3.63) is 29.3 Å². The molecule has 0 aliphatic carbocycles. The Morgan fingerprint density at radius 3 is 2.79 bits per heavy atom. The standard InChI is InChI=1S/C8H10ClO3PS/c1-2-14-13(10,11)12-8-6-4-3-5-7(8)9/h3-6H,2H2,1H3,(H,10,11)/p-1. The van der Waals surface area contributed by atoms with Crippen molar-refractivity contribution in [3.63, 3.8) is 0 Å². The summed E-state index contributed by atoms with van der Waals surface area (Å²) in [6.45, 7) is -2.12. The summed E-state index contributed by atoms with van der Waals surface area (Å²) in [5.41, 5.74) is 0. The molecule has 0 aliphatic heterocycles. The monoisotopic (exact) mass is 251 g/mol. The fourth-order valence-corrected chi connectivity index (χ4v) is 3.17. The van der Waals surface area contributed by atoms with Crippen molar-refractivity contribution in [3.8, 4) is 5.75 Å². The van der Waals surface area contributed by atoms with E-state index in [1.54, 1.807) is 25.1 Å². The summed E-state index contributed by atoms with van der Waals surface area (Å²) in [6, 6.07) is 6.46. The molecule has 1 rings (SSSR count). The third-order valence-corrected chi connectivity index (χ3v) is 4.59. The predicted octanol–water partition coefficient (Wildman–Crippen LogP) is 2.94. The first-order chi connectivity index (χ1) is 6.55. The van der Waals surface area contributed by atoms with Crippen LogP contribution in [0, 0.1) is 0 Å². The molecule has 0 radical (unpaired) electrons. The minimum Gasteiger partial charge on any atom is -0.761 e. The van der Waals surface area contributed by atoms with E-state index in [4.69, 9.17) is 16.1 Å². The van der Waals surface area contributed by atoms with E-state index >= 15 is 0 Å². The fraction of sp³-hybridized carbons (Fsp3) is 0.250. The molecule has 0 saturated carbocycles. The van der Waals surface area contributed by atoms with Gasteiger partial charge in [-0.3, -0.25) is 4.57 Å². The fourth-order valence-electron chi connectivity index (χ4n) is 0.824. The van der Waals surface area contributed by atoms with E-state index in [1.807, 2.05) is 0 Å². The maximum absolute atomic E-state index is 11.3. The Labute approximate surface area is 91.7 Å². The lowest BCUT2D eigenvalue weighted by molar-refractivity contribution is -0.182. The summed E-state index contributed by atoms with van der Waals surface area (Å²) in [7, 11) is 0. The third kappa shape index (κ3) is 3.54. The van der Waals surface area contributed by atoms with Gasteiger partial charge in [0.1, 0.15) is 5.75 Å². The van der Waals surface area contributed by atoms with E-state index in [9.17, 15) is 9.46 Å². The molecule has 14 heavy (non-hydrogen) atoms. The molecule has 0 aliphatic rings. The Morgan fingerprint density at radius 1 is 1.57 bits per heavy atom. The second kappa shape index (κ2) is 5.08. The number of halogens is 1. The average molecular weight is 252 g/mol. The first-order valence-corrected chi connectivity index (χ1v) is 7.46. The summed E-state index contributed by atoms with van der Waals surface area (Å²) in [6.07, 6.45) is 0. The van der Waals surface area contributed by atoms with Crippen LogP contribution in [0.2, 0.25) is 5.02 Å². The number of rotatable bonds is 4. The van der Waals surface area contributed by atoms with Crippen LogP contribution in [0.1, 0.15) is 6.92 Å². The average Bonchev–Trinajstić information content (AvgIpc) is 2.08. The van der Waals surface area contributed by atoms with Gasteiger partial charge in [-0.25, -0.2) is 0 Å². The molecular weight excluding hydrogens is 243 g/mol. The van der Waals surface area contributed by atoms with E-state index in [0.717, 1.165) is 11.4 Å². The van der Waals surface area contributed by atoms with Gasteiger partial charge in [0.15, 0.2) is 0 Å². The van der Waals surface area contributed by atoms with Gasteiger partial charge in [-0.15, -0.1) is 0 Å². The Bertz CT molecular complexity index is 358. The highest BCUT2D eigenvalue weighted by Gasteiger charge is 2.11. The van der Waals surface area contributed by atoms with Gasteiger partial charge in [0.25, 0.3) is 0 Å². The van der Waals surface area contributed by atoms with Crippen LogP contribution in [0.5, 0.6) is 5.75 Å². The van der Waals surface area contributed by atoms with Crippen molar-refractivity contribution in [1.82, 2.24) is 0 Å². The Hall–Kier alpha value is -0.150. The zero-order valence-electron chi connectivity index (χ0n) is 7.47. The van der Waals surface area contributed by atoms with Crippen molar-refractivity contribution in [1.29, 1.82) is 0 Å². The van der Waals surface area contributed by atoms with Crippen molar-refractivity contribution < 1.29 is 14.0 Å². The number of para-hydroxylation sites is 1. The Kier molecular flexibility index (Phi) is 4.32. The number of hydrogen-bond donors (Lipinski definition) is 0. The van der Waals surface area contributed by atoms with Crippen molar-refractivity contribution >= 4 is 29.8 Å². The molecule has 78 valence electrons. The first-order valence-electron chi connectivity index (χ1n) is 3.95. The molecule has 3 nitrogen and oxygen atoms in total. The highest BCUT2D eigenvalue weighted by atomic mass is 35.5. The Morgan fingerprint density at radius 2 is 2.21 bits per heavy atom. The van der Waals surface area contributed by atoms with Gasteiger partial charge >= 0.3 is 0 Å². The van der Waals surface area contributed by atoms with Crippen LogP contribution in [0.15, 0.2) is 24.3 Å². The van der Waals surface area contributed by atoms with Crippen molar-refractivity contribution in [2.75, 3.05) is 5.75 Å². The normalized spacial score (nSPS) is 14.8. The smallest absolute Gasteiger partial charge is 0.241 e. The molecule has 0 bridgehead atoms. The summed E-state index contributed by atoms with van der Waals surface area (Å²) in [5, 5.41) is 0.292. The first kappa shape index (κ1) is 11.9. The maximum atomic E-state index is 11.3. The highest BCUT2D eigenvalue weighted by Crippen LogP contribution is 2.52. The molecule has 1 aromatic rings. The summed E-state index contributed by atoms with van der Waals surface area (Å²) >= 11 is 6.49. The van der Waals surface area contributed by atoms with Gasteiger partial charge in [0.2, 0.25) is 6.80 Å². The van der Waals surface area contributed by atoms with Crippen molar-refractivity contribution in [2.45, 2.75) is 6.92 Å². The molecule has 1 atom stereocenters. The van der Waals surface area contributed by atoms with Gasteiger partial charge in [-0.2, -0.15) is 0 Å². The Balaban J connectivity index is 2.78. The molecule has 0 spiro atoms. The lowest BCUT2D eigenvalue weighted by Crippen LogP contribution is -2.04. The molecule has 1 aromatic carbocycles. The zero-order valence-corrected chi connectivity index (χ0v) is 9.94. The van der Waals surface area contributed by atoms with Crippen LogP contribution in [-0.4, -0.2) is 5.75 Å². The van der Waals surface area contributed by atoms with Gasteiger partial charge in [0, 0.05) is 0 Å². The van der Waals surface area contributed by atoms with Gasteiger partial charge < -0.3 is 9.42 Å². The molecule has 0 fully saturated rings.